The van der Waals surface area contributed by atoms with Crippen molar-refractivity contribution in [1.82, 2.24) is 0 Å². The summed E-state index contributed by atoms with van der Waals surface area (Å²) in [7, 11) is 0. The standard InChI is InChI=1S/C25H52/c1-6-11-17-23(10-5)19-13-21-25(18-12-7-2)22-14-20-24(15-8-3)16-9-4/h23-25H,6-22H2,1-5H3. The Morgan fingerprint density at radius 2 is 0.720 bits per heavy atom. The lowest BCUT2D eigenvalue weighted by atomic mass is 9.85. The molecule has 0 aromatic rings. The fraction of sp³-hybridized carbons (Fsp3) is 1.00. The van der Waals surface area contributed by atoms with E-state index in [0.717, 1.165) is 17.8 Å². The molecule has 0 aromatic carbocycles. The van der Waals surface area contributed by atoms with Gasteiger partial charge in [0.25, 0.3) is 0 Å². The monoisotopic (exact) mass is 352 g/mol. The van der Waals surface area contributed by atoms with E-state index in [4.69, 9.17) is 0 Å². The molecule has 25 heavy (non-hydrogen) atoms. The van der Waals surface area contributed by atoms with Gasteiger partial charge in [0.05, 0.1) is 0 Å². The van der Waals surface area contributed by atoms with Crippen LogP contribution in [0.3, 0.4) is 0 Å². The van der Waals surface area contributed by atoms with Crippen LogP contribution in [0, 0.1) is 17.8 Å². The lowest BCUT2D eigenvalue weighted by Crippen LogP contribution is -2.06. The topological polar surface area (TPSA) is 0 Å². The number of unbranched alkanes of at least 4 members (excludes halogenated alkanes) is 2. The third kappa shape index (κ3) is 14.8. The van der Waals surface area contributed by atoms with Crippen molar-refractivity contribution >= 4 is 0 Å². The van der Waals surface area contributed by atoms with E-state index >= 15 is 0 Å². The molecule has 0 N–H and O–H groups in total. The summed E-state index contributed by atoms with van der Waals surface area (Å²) in [6.45, 7) is 11.8. The van der Waals surface area contributed by atoms with Gasteiger partial charge < -0.3 is 0 Å². The van der Waals surface area contributed by atoms with E-state index in [-0.39, 0.29) is 0 Å². The highest BCUT2D eigenvalue weighted by atomic mass is 14.2. The van der Waals surface area contributed by atoms with Crippen LogP contribution in [0.2, 0.25) is 0 Å². The highest BCUT2D eigenvalue weighted by molar-refractivity contribution is 4.66. The first-order valence-electron chi connectivity index (χ1n) is 12.2. The summed E-state index contributed by atoms with van der Waals surface area (Å²) < 4.78 is 0. The van der Waals surface area contributed by atoms with Crippen LogP contribution in [-0.4, -0.2) is 0 Å². The van der Waals surface area contributed by atoms with Crippen molar-refractivity contribution in [2.45, 2.75) is 144 Å². The molecule has 0 saturated heterocycles. The van der Waals surface area contributed by atoms with Gasteiger partial charge in [0, 0.05) is 0 Å². The summed E-state index contributed by atoms with van der Waals surface area (Å²) in [6.07, 6.45) is 24.7. The predicted octanol–water partition coefficient (Wildman–Crippen LogP) is 9.57. The Morgan fingerprint density at radius 3 is 1.12 bits per heavy atom. The van der Waals surface area contributed by atoms with E-state index in [2.05, 4.69) is 34.6 Å². The van der Waals surface area contributed by atoms with Gasteiger partial charge in [-0.15, -0.1) is 0 Å². The van der Waals surface area contributed by atoms with Crippen molar-refractivity contribution in [2.24, 2.45) is 17.8 Å². The zero-order chi connectivity index (χ0) is 18.8. The fourth-order valence-corrected chi connectivity index (χ4v) is 4.61. The van der Waals surface area contributed by atoms with Gasteiger partial charge in [-0.2, -0.15) is 0 Å². The van der Waals surface area contributed by atoms with Crippen molar-refractivity contribution in [3.8, 4) is 0 Å². The summed E-state index contributed by atoms with van der Waals surface area (Å²) >= 11 is 0. The zero-order valence-corrected chi connectivity index (χ0v) is 18.8. The quantitative estimate of drug-likeness (QED) is 0.217. The summed E-state index contributed by atoms with van der Waals surface area (Å²) in [4.78, 5) is 0. The third-order valence-electron chi connectivity index (χ3n) is 6.35. The van der Waals surface area contributed by atoms with E-state index in [1.165, 1.54) is 109 Å². The third-order valence-corrected chi connectivity index (χ3v) is 6.35. The number of hydrogen-bond donors (Lipinski definition) is 0. The molecule has 2 unspecified atom stereocenters. The van der Waals surface area contributed by atoms with Gasteiger partial charge in [0.1, 0.15) is 0 Å². The Kier molecular flexibility index (Phi) is 18.8. The first kappa shape index (κ1) is 25.0. The average Bonchev–Trinajstić information content (AvgIpc) is 2.62. The maximum atomic E-state index is 2.40. The summed E-state index contributed by atoms with van der Waals surface area (Å²) in [5, 5.41) is 0. The van der Waals surface area contributed by atoms with Gasteiger partial charge in [-0.05, 0) is 17.8 Å². The van der Waals surface area contributed by atoms with Crippen molar-refractivity contribution in [3.63, 3.8) is 0 Å². The van der Waals surface area contributed by atoms with E-state index in [0.29, 0.717) is 0 Å². The highest BCUT2D eigenvalue weighted by Crippen LogP contribution is 2.28. The SMILES string of the molecule is CCCCC(CC)CCCC(CCCC)CCCC(CCC)CCC. The molecule has 152 valence electrons. The van der Waals surface area contributed by atoms with Gasteiger partial charge in [0.15, 0.2) is 0 Å². The Hall–Kier alpha value is 0. The Morgan fingerprint density at radius 1 is 0.360 bits per heavy atom. The van der Waals surface area contributed by atoms with Crippen LogP contribution >= 0.6 is 0 Å². The lowest BCUT2D eigenvalue weighted by molar-refractivity contribution is 0.323. The second kappa shape index (κ2) is 18.8. The molecule has 0 aromatic heterocycles. The van der Waals surface area contributed by atoms with E-state index in [1.54, 1.807) is 0 Å². The second-order valence-electron chi connectivity index (χ2n) is 8.73. The van der Waals surface area contributed by atoms with Gasteiger partial charge in [-0.3, -0.25) is 0 Å². The van der Waals surface area contributed by atoms with Crippen molar-refractivity contribution in [2.75, 3.05) is 0 Å². The molecule has 0 bridgehead atoms. The van der Waals surface area contributed by atoms with Crippen LogP contribution < -0.4 is 0 Å². The molecular weight excluding hydrogens is 300 g/mol. The van der Waals surface area contributed by atoms with E-state index < -0.39 is 0 Å². The smallest absolute Gasteiger partial charge is 0.0414 e. The number of hydrogen-bond acceptors (Lipinski definition) is 0. The van der Waals surface area contributed by atoms with Crippen LogP contribution in [-0.2, 0) is 0 Å². The van der Waals surface area contributed by atoms with E-state index in [1.807, 2.05) is 0 Å². The zero-order valence-electron chi connectivity index (χ0n) is 18.8. The molecule has 0 rings (SSSR count). The highest BCUT2D eigenvalue weighted by Gasteiger charge is 2.13. The van der Waals surface area contributed by atoms with Crippen LogP contribution in [0.25, 0.3) is 0 Å². The van der Waals surface area contributed by atoms with Gasteiger partial charge in [-0.1, -0.05) is 144 Å². The molecule has 0 amide bonds. The molecule has 0 aliphatic carbocycles. The average molecular weight is 353 g/mol. The molecule has 0 aliphatic rings. The van der Waals surface area contributed by atoms with Gasteiger partial charge in [-0.25, -0.2) is 0 Å². The minimum Gasteiger partial charge on any atom is -0.0654 e. The summed E-state index contributed by atoms with van der Waals surface area (Å²) in [5.74, 6) is 3.04. The molecule has 0 fully saturated rings. The molecule has 0 radical (unpaired) electrons. The molecule has 0 saturated carbocycles. The normalized spacial score (nSPS) is 14.2. The minimum absolute atomic E-state index is 1.00. The predicted molar refractivity (Wildman–Crippen MR) is 117 cm³/mol. The first-order chi connectivity index (χ1) is 12.2. The van der Waals surface area contributed by atoms with E-state index in [9.17, 15) is 0 Å². The molecule has 0 heterocycles. The van der Waals surface area contributed by atoms with Gasteiger partial charge in [0.2, 0.25) is 0 Å². The van der Waals surface area contributed by atoms with Crippen LogP contribution in [0.1, 0.15) is 144 Å². The molecule has 0 spiro atoms. The molecule has 0 nitrogen and oxygen atoms in total. The molecule has 2 atom stereocenters. The van der Waals surface area contributed by atoms with Crippen molar-refractivity contribution < 1.29 is 0 Å². The van der Waals surface area contributed by atoms with Gasteiger partial charge >= 0.3 is 0 Å². The largest absolute Gasteiger partial charge is 0.0654 e. The minimum atomic E-state index is 1.00. The maximum absolute atomic E-state index is 2.40. The second-order valence-corrected chi connectivity index (χ2v) is 8.73. The van der Waals surface area contributed by atoms with Crippen LogP contribution in [0.4, 0.5) is 0 Å². The molecule has 0 aliphatic heterocycles. The Bertz CT molecular complexity index is 238. The Labute approximate surface area is 161 Å². The molecule has 0 heteroatoms. The maximum Gasteiger partial charge on any atom is -0.0414 e. The summed E-state index contributed by atoms with van der Waals surface area (Å²) in [6, 6.07) is 0. The number of rotatable bonds is 19. The van der Waals surface area contributed by atoms with Crippen molar-refractivity contribution in [3.05, 3.63) is 0 Å². The fourth-order valence-electron chi connectivity index (χ4n) is 4.61. The van der Waals surface area contributed by atoms with Crippen LogP contribution in [0.15, 0.2) is 0 Å². The summed E-state index contributed by atoms with van der Waals surface area (Å²) in [5.41, 5.74) is 0. The van der Waals surface area contributed by atoms with Crippen LogP contribution in [0.5, 0.6) is 0 Å². The lowest BCUT2D eigenvalue weighted by Gasteiger charge is -2.21. The van der Waals surface area contributed by atoms with Crippen molar-refractivity contribution in [1.29, 1.82) is 0 Å². The first-order valence-corrected chi connectivity index (χ1v) is 12.2. The molecular formula is C25H52. The Balaban J connectivity index is 4.12.